The third-order valence-electron chi connectivity index (χ3n) is 5.00. The third kappa shape index (κ3) is 7.22. The van der Waals surface area contributed by atoms with Crippen molar-refractivity contribution in [1.82, 2.24) is 10.2 Å². The van der Waals surface area contributed by atoms with E-state index in [1.165, 1.54) is 4.90 Å². The number of nitrogens with zero attached hydrogens (tertiary/aromatic N) is 1. The zero-order chi connectivity index (χ0) is 23.8. The molecule has 3 aromatic rings. The van der Waals surface area contributed by atoms with Crippen LogP contribution in [0.1, 0.15) is 11.1 Å². The minimum absolute atomic E-state index is 0.237. The van der Waals surface area contributed by atoms with E-state index in [0.29, 0.717) is 22.2 Å². The summed E-state index contributed by atoms with van der Waals surface area (Å²) in [5.41, 5.74) is 1.82. The van der Waals surface area contributed by atoms with Crippen molar-refractivity contribution in [1.29, 1.82) is 0 Å². The summed E-state index contributed by atoms with van der Waals surface area (Å²) in [6.07, 6.45) is 0.363. The molecular formula is C25H23BrCl2N2O3. The molecule has 1 atom stereocenters. The second-order valence-corrected chi connectivity index (χ2v) is 9.09. The van der Waals surface area contributed by atoms with Gasteiger partial charge in [0.2, 0.25) is 5.91 Å². The molecule has 3 aromatic carbocycles. The van der Waals surface area contributed by atoms with Crippen LogP contribution in [0.3, 0.4) is 0 Å². The molecule has 0 aliphatic heterocycles. The minimum atomic E-state index is -0.729. The Balaban J connectivity index is 1.88. The maximum atomic E-state index is 13.4. The van der Waals surface area contributed by atoms with Gasteiger partial charge in [-0.3, -0.25) is 9.59 Å². The Morgan fingerprint density at radius 3 is 2.39 bits per heavy atom. The summed E-state index contributed by atoms with van der Waals surface area (Å²) in [4.78, 5) is 27.8. The molecule has 0 saturated carbocycles. The van der Waals surface area contributed by atoms with Crippen LogP contribution in [0.2, 0.25) is 10.0 Å². The van der Waals surface area contributed by atoms with Crippen molar-refractivity contribution < 1.29 is 14.3 Å². The van der Waals surface area contributed by atoms with Gasteiger partial charge in [-0.15, -0.1) is 0 Å². The van der Waals surface area contributed by atoms with Crippen LogP contribution in [-0.2, 0) is 22.6 Å². The Kier molecular flexibility index (Phi) is 9.18. The Morgan fingerprint density at radius 2 is 1.73 bits per heavy atom. The summed E-state index contributed by atoms with van der Waals surface area (Å²) < 4.78 is 6.57. The molecule has 0 unspecified atom stereocenters. The fourth-order valence-electron chi connectivity index (χ4n) is 3.37. The second kappa shape index (κ2) is 12.1. The lowest BCUT2D eigenvalue weighted by atomic mass is 10.0. The van der Waals surface area contributed by atoms with Crippen LogP contribution >= 0.6 is 39.1 Å². The highest BCUT2D eigenvalue weighted by Crippen LogP contribution is 2.27. The zero-order valence-corrected chi connectivity index (χ0v) is 21.0. The molecule has 172 valence electrons. The van der Waals surface area contributed by atoms with Crippen LogP contribution in [0.5, 0.6) is 5.75 Å². The Bertz CT molecular complexity index is 1110. The smallest absolute Gasteiger partial charge is 0.261 e. The van der Waals surface area contributed by atoms with E-state index in [9.17, 15) is 9.59 Å². The number of halogens is 3. The molecule has 0 aliphatic carbocycles. The number of likely N-dealkylation sites (N-methyl/N-ethyl adjacent to an activating group) is 1. The lowest BCUT2D eigenvalue weighted by Crippen LogP contribution is -2.51. The first-order valence-corrected chi connectivity index (χ1v) is 11.8. The van der Waals surface area contributed by atoms with Crippen molar-refractivity contribution in [3.8, 4) is 5.75 Å². The Morgan fingerprint density at radius 1 is 1.00 bits per heavy atom. The van der Waals surface area contributed by atoms with Crippen LogP contribution in [0.15, 0.2) is 77.3 Å². The summed E-state index contributed by atoms with van der Waals surface area (Å²) in [5.74, 6) is -0.256. The van der Waals surface area contributed by atoms with Gasteiger partial charge >= 0.3 is 0 Å². The van der Waals surface area contributed by atoms with E-state index in [1.807, 2.05) is 54.6 Å². The van der Waals surface area contributed by atoms with Gasteiger partial charge in [0.1, 0.15) is 11.8 Å². The second-order valence-electron chi connectivity index (χ2n) is 7.33. The highest BCUT2D eigenvalue weighted by Gasteiger charge is 2.30. The van der Waals surface area contributed by atoms with E-state index >= 15 is 0 Å². The number of carbonyl (C=O) groups excluding carboxylic acids is 2. The number of hydrogen-bond acceptors (Lipinski definition) is 3. The van der Waals surface area contributed by atoms with Gasteiger partial charge in [-0.1, -0.05) is 81.6 Å². The number of hydrogen-bond donors (Lipinski definition) is 1. The molecule has 2 amide bonds. The topological polar surface area (TPSA) is 58.6 Å². The van der Waals surface area contributed by atoms with Crippen LogP contribution in [0.4, 0.5) is 0 Å². The van der Waals surface area contributed by atoms with Gasteiger partial charge in [0.05, 0.1) is 5.02 Å². The van der Waals surface area contributed by atoms with Crippen LogP contribution in [0, 0.1) is 0 Å². The van der Waals surface area contributed by atoms with E-state index in [1.54, 1.807) is 25.2 Å². The minimum Gasteiger partial charge on any atom is -0.482 e. The first-order chi connectivity index (χ1) is 15.9. The molecular weight excluding hydrogens is 527 g/mol. The molecule has 8 heteroatoms. The van der Waals surface area contributed by atoms with Gasteiger partial charge in [0.15, 0.2) is 6.61 Å². The first-order valence-electron chi connectivity index (χ1n) is 10.2. The molecule has 0 spiro atoms. The van der Waals surface area contributed by atoms with Crippen LogP contribution in [0.25, 0.3) is 0 Å². The van der Waals surface area contributed by atoms with Crippen molar-refractivity contribution in [2.75, 3.05) is 13.7 Å². The molecule has 33 heavy (non-hydrogen) atoms. The number of carbonyl (C=O) groups is 2. The van der Waals surface area contributed by atoms with Crippen molar-refractivity contribution in [3.05, 3.63) is 98.4 Å². The van der Waals surface area contributed by atoms with E-state index in [0.717, 1.165) is 15.6 Å². The zero-order valence-electron chi connectivity index (χ0n) is 17.9. The maximum Gasteiger partial charge on any atom is 0.261 e. The summed E-state index contributed by atoms with van der Waals surface area (Å²) in [6, 6.07) is 21.3. The molecule has 0 saturated heterocycles. The lowest BCUT2D eigenvalue weighted by molar-refractivity contribution is -0.142. The molecule has 5 nitrogen and oxygen atoms in total. The summed E-state index contributed by atoms with van der Waals surface area (Å²) in [6.45, 7) is -0.0431. The number of nitrogens with one attached hydrogen (secondary N) is 1. The fourth-order valence-corrected chi connectivity index (χ4v) is 4.28. The molecule has 0 radical (unpaired) electrons. The molecule has 3 rings (SSSR count). The number of amides is 2. The monoisotopic (exact) mass is 548 g/mol. The predicted octanol–water partition coefficient (Wildman–Crippen LogP) is 5.52. The molecule has 0 bridgehead atoms. The summed E-state index contributed by atoms with van der Waals surface area (Å²) in [5, 5.41) is 3.46. The fraction of sp³-hybridized carbons (Fsp3) is 0.200. The largest absolute Gasteiger partial charge is 0.482 e. The van der Waals surface area contributed by atoms with Crippen molar-refractivity contribution in [2.45, 2.75) is 19.0 Å². The van der Waals surface area contributed by atoms with E-state index in [4.69, 9.17) is 27.9 Å². The summed E-state index contributed by atoms with van der Waals surface area (Å²) >= 11 is 15.6. The van der Waals surface area contributed by atoms with Gasteiger partial charge in [0, 0.05) is 29.5 Å². The maximum absolute atomic E-state index is 13.4. The normalized spacial score (nSPS) is 11.5. The highest BCUT2D eigenvalue weighted by molar-refractivity contribution is 9.10. The van der Waals surface area contributed by atoms with Gasteiger partial charge in [-0.05, 0) is 41.5 Å². The average Bonchev–Trinajstić information content (AvgIpc) is 2.81. The third-order valence-corrected chi connectivity index (χ3v) is 6.03. The molecule has 0 heterocycles. The summed E-state index contributed by atoms with van der Waals surface area (Å²) in [7, 11) is 1.56. The average molecular weight is 550 g/mol. The predicted molar refractivity (Wildman–Crippen MR) is 135 cm³/mol. The quantitative estimate of drug-likeness (QED) is 0.382. The van der Waals surface area contributed by atoms with Crippen LogP contribution < -0.4 is 10.1 Å². The lowest BCUT2D eigenvalue weighted by Gasteiger charge is -2.31. The first kappa shape index (κ1) is 25.1. The van der Waals surface area contributed by atoms with E-state index < -0.39 is 6.04 Å². The van der Waals surface area contributed by atoms with E-state index in [2.05, 4.69) is 21.2 Å². The van der Waals surface area contributed by atoms with Crippen molar-refractivity contribution >= 4 is 50.9 Å². The molecule has 1 N–H and O–H groups in total. The highest BCUT2D eigenvalue weighted by atomic mass is 79.9. The molecule has 0 aliphatic rings. The van der Waals surface area contributed by atoms with Crippen LogP contribution in [-0.4, -0.2) is 36.4 Å². The van der Waals surface area contributed by atoms with Gasteiger partial charge in [-0.2, -0.15) is 0 Å². The van der Waals surface area contributed by atoms with Gasteiger partial charge < -0.3 is 15.0 Å². The SMILES string of the molecule is CNC(=O)[C@@H](Cc1ccccc1)N(Cc1cccc(Br)c1)C(=O)COc1ccc(Cl)cc1Cl. The Hall–Kier alpha value is -2.54. The molecule has 0 aromatic heterocycles. The van der Waals surface area contributed by atoms with E-state index in [-0.39, 0.29) is 25.0 Å². The van der Waals surface area contributed by atoms with Crippen molar-refractivity contribution in [2.24, 2.45) is 0 Å². The standard InChI is InChI=1S/C25H23BrCl2N2O3/c1-29-25(32)22(13-17-6-3-2-4-7-17)30(15-18-8-5-9-19(26)12-18)24(31)16-33-23-11-10-20(27)14-21(23)28/h2-12,14,22H,13,15-16H2,1H3,(H,29,32)/t22-/m1/s1. The van der Waals surface area contributed by atoms with Gasteiger partial charge in [0.25, 0.3) is 5.91 Å². The van der Waals surface area contributed by atoms with Crippen molar-refractivity contribution in [3.63, 3.8) is 0 Å². The Labute approximate surface area is 211 Å². The number of rotatable bonds is 9. The number of benzene rings is 3. The van der Waals surface area contributed by atoms with Gasteiger partial charge in [-0.25, -0.2) is 0 Å². The number of ether oxygens (including phenoxy) is 1. The molecule has 0 fully saturated rings.